The molecule has 0 bridgehead atoms. The number of ether oxygens (including phenoxy) is 2. The summed E-state index contributed by atoms with van der Waals surface area (Å²) in [4.78, 5) is 14.6. The van der Waals surface area contributed by atoms with Crippen LogP contribution >= 0.6 is 24.0 Å². The molecule has 25 heavy (non-hydrogen) atoms. The Morgan fingerprint density at radius 2 is 2.12 bits per heavy atom. The van der Waals surface area contributed by atoms with Crippen molar-refractivity contribution in [3.63, 3.8) is 0 Å². The minimum atomic E-state index is -0.0900. The zero-order valence-corrected chi connectivity index (χ0v) is 16.4. The maximum atomic E-state index is 12.4. The minimum absolute atomic E-state index is 0.0900. The normalized spacial score (nSPS) is 17.1. The van der Waals surface area contributed by atoms with Gasteiger partial charge in [0, 0.05) is 6.54 Å². The molecule has 1 aromatic rings. The van der Waals surface area contributed by atoms with Crippen LogP contribution in [0.2, 0.25) is 0 Å². The fourth-order valence-corrected chi connectivity index (χ4v) is 3.49. The minimum Gasteiger partial charge on any atom is -0.490 e. The second-order valence-electron chi connectivity index (χ2n) is 5.56. The summed E-state index contributed by atoms with van der Waals surface area (Å²) in [6.45, 7) is 10.7. The highest BCUT2D eigenvalue weighted by atomic mass is 32.2. The lowest BCUT2D eigenvalue weighted by atomic mass is 10.1. The van der Waals surface area contributed by atoms with Crippen LogP contribution in [-0.2, 0) is 4.79 Å². The highest BCUT2D eigenvalue weighted by Crippen LogP contribution is 2.35. The summed E-state index contributed by atoms with van der Waals surface area (Å²) in [7, 11) is 0. The van der Waals surface area contributed by atoms with Crippen LogP contribution in [0.5, 0.6) is 11.5 Å². The summed E-state index contributed by atoms with van der Waals surface area (Å²) in [5.74, 6) is 1.30. The summed E-state index contributed by atoms with van der Waals surface area (Å²) in [5.41, 5.74) is 0.874. The average Bonchev–Trinajstić information content (AvgIpc) is 2.85. The van der Waals surface area contributed by atoms with Gasteiger partial charge in [0.15, 0.2) is 11.5 Å². The van der Waals surface area contributed by atoms with Gasteiger partial charge >= 0.3 is 0 Å². The zero-order chi connectivity index (χ0) is 18.4. The number of carbonyl (C=O) groups is 1. The summed E-state index contributed by atoms with van der Waals surface area (Å²) < 4.78 is 12.2. The van der Waals surface area contributed by atoms with Crippen molar-refractivity contribution in [2.24, 2.45) is 0 Å². The highest BCUT2D eigenvalue weighted by Gasteiger charge is 2.31. The zero-order valence-electron chi connectivity index (χ0n) is 14.8. The molecule has 4 nitrogen and oxygen atoms in total. The molecule has 1 aliphatic heterocycles. The van der Waals surface area contributed by atoms with Gasteiger partial charge in [-0.3, -0.25) is 9.69 Å². The Labute approximate surface area is 158 Å². The summed E-state index contributed by atoms with van der Waals surface area (Å²) >= 11 is 6.56. The predicted molar refractivity (Wildman–Crippen MR) is 108 cm³/mol. The second-order valence-corrected chi connectivity index (χ2v) is 7.23. The molecule has 2 rings (SSSR count). The molecule has 1 heterocycles. The van der Waals surface area contributed by atoms with Crippen LogP contribution < -0.4 is 9.47 Å². The third-order valence-electron chi connectivity index (χ3n) is 3.65. The molecular formula is C19H23NO3S2. The summed E-state index contributed by atoms with van der Waals surface area (Å²) in [6.07, 6.45) is 4.53. The monoisotopic (exact) mass is 377 g/mol. The molecule has 1 fully saturated rings. The van der Waals surface area contributed by atoms with E-state index in [-0.39, 0.29) is 12.0 Å². The quantitative estimate of drug-likeness (QED) is 0.375. The van der Waals surface area contributed by atoms with Crippen molar-refractivity contribution in [2.75, 3.05) is 13.2 Å². The predicted octanol–water partition coefficient (Wildman–Crippen LogP) is 4.65. The van der Waals surface area contributed by atoms with Gasteiger partial charge in [-0.15, -0.1) is 6.58 Å². The Balaban J connectivity index is 2.28. The molecule has 134 valence electrons. The Bertz CT molecular complexity index is 700. The second kappa shape index (κ2) is 9.06. The van der Waals surface area contributed by atoms with Gasteiger partial charge in [-0.05, 0) is 44.0 Å². The molecular weight excluding hydrogens is 354 g/mol. The lowest BCUT2D eigenvalue weighted by Gasteiger charge is -2.16. The Morgan fingerprint density at radius 3 is 2.76 bits per heavy atom. The molecule has 0 unspecified atom stereocenters. The number of thioether (sulfide) groups is 1. The van der Waals surface area contributed by atoms with E-state index in [9.17, 15) is 4.79 Å². The molecule has 0 saturated carbocycles. The van der Waals surface area contributed by atoms with Crippen molar-refractivity contribution in [3.05, 3.63) is 41.3 Å². The van der Waals surface area contributed by atoms with Gasteiger partial charge < -0.3 is 9.47 Å². The molecule has 0 spiro atoms. The van der Waals surface area contributed by atoms with Crippen molar-refractivity contribution < 1.29 is 14.3 Å². The SMILES string of the molecule is C=CCN1C(=O)/C(=C/c2ccc(O[C@H](C)CC)c(OCC)c2)SC1=S. The molecule has 1 aromatic carbocycles. The molecule has 0 aromatic heterocycles. The smallest absolute Gasteiger partial charge is 0.266 e. The Kier molecular flexibility index (Phi) is 7.08. The first-order valence-corrected chi connectivity index (χ1v) is 9.52. The number of hydrogen-bond acceptors (Lipinski definition) is 5. The van der Waals surface area contributed by atoms with E-state index >= 15 is 0 Å². The number of carbonyl (C=O) groups excluding carboxylic acids is 1. The summed E-state index contributed by atoms with van der Waals surface area (Å²) in [6, 6.07) is 5.69. The molecule has 1 atom stereocenters. The van der Waals surface area contributed by atoms with Crippen LogP contribution in [0.1, 0.15) is 32.8 Å². The van der Waals surface area contributed by atoms with E-state index in [4.69, 9.17) is 21.7 Å². The average molecular weight is 378 g/mol. The van der Waals surface area contributed by atoms with Gasteiger partial charge in [0.2, 0.25) is 0 Å². The number of thiocarbonyl (C=S) groups is 1. The fraction of sp³-hybridized carbons (Fsp3) is 0.368. The lowest BCUT2D eigenvalue weighted by molar-refractivity contribution is -0.121. The molecule has 0 aliphatic carbocycles. The van der Waals surface area contributed by atoms with Gasteiger partial charge in [-0.2, -0.15) is 0 Å². The highest BCUT2D eigenvalue weighted by molar-refractivity contribution is 8.26. The molecule has 0 radical (unpaired) electrons. The largest absolute Gasteiger partial charge is 0.490 e. The summed E-state index contributed by atoms with van der Waals surface area (Å²) in [5, 5.41) is 0. The number of amides is 1. The van der Waals surface area contributed by atoms with E-state index in [1.54, 1.807) is 11.0 Å². The van der Waals surface area contributed by atoms with Crippen molar-refractivity contribution in [1.29, 1.82) is 0 Å². The molecule has 1 aliphatic rings. The van der Waals surface area contributed by atoms with Crippen molar-refractivity contribution in [1.82, 2.24) is 4.90 Å². The molecule has 6 heteroatoms. The van der Waals surface area contributed by atoms with E-state index in [0.717, 1.165) is 12.0 Å². The van der Waals surface area contributed by atoms with Gasteiger partial charge in [0.1, 0.15) is 4.32 Å². The van der Waals surface area contributed by atoms with Gasteiger partial charge in [0.25, 0.3) is 5.91 Å². The standard InChI is InChI=1S/C19H23NO3S2/c1-5-10-20-18(21)17(25-19(20)24)12-14-8-9-15(23-13(4)6-2)16(11-14)22-7-3/h5,8-9,11-13H,1,6-7,10H2,2-4H3/b17-12-/t13-/m1/s1. The van der Waals surface area contributed by atoms with Crippen LogP contribution in [0.25, 0.3) is 6.08 Å². The van der Waals surface area contributed by atoms with Crippen LogP contribution in [-0.4, -0.2) is 34.4 Å². The maximum absolute atomic E-state index is 12.4. The fourth-order valence-electron chi connectivity index (χ4n) is 2.22. The van der Waals surface area contributed by atoms with E-state index in [0.29, 0.717) is 33.9 Å². The van der Waals surface area contributed by atoms with Crippen LogP contribution in [0.3, 0.4) is 0 Å². The van der Waals surface area contributed by atoms with Crippen molar-refractivity contribution in [2.45, 2.75) is 33.3 Å². The van der Waals surface area contributed by atoms with E-state index in [2.05, 4.69) is 13.5 Å². The maximum Gasteiger partial charge on any atom is 0.266 e. The first kappa shape index (κ1) is 19.5. The molecule has 1 amide bonds. The number of rotatable bonds is 8. The Morgan fingerprint density at radius 1 is 1.36 bits per heavy atom. The third kappa shape index (κ3) is 4.86. The topological polar surface area (TPSA) is 38.8 Å². The van der Waals surface area contributed by atoms with E-state index in [1.165, 1.54) is 11.8 Å². The number of benzene rings is 1. The first-order valence-electron chi connectivity index (χ1n) is 8.29. The molecule has 0 N–H and O–H groups in total. The lowest BCUT2D eigenvalue weighted by Crippen LogP contribution is -2.27. The number of hydrogen-bond donors (Lipinski definition) is 0. The van der Waals surface area contributed by atoms with E-state index < -0.39 is 0 Å². The van der Waals surface area contributed by atoms with Gasteiger partial charge in [0.05, 0.1) is 17.6 Å². The molecule has 1 saturated heterocycles. The van der Waals surface area contributed by atoms with Crippen molar-refractivity contribution in [3.8, 4) is 11.5 Å². The third-order valence-corrected chi connectivity index (χ3v) is 5.03. The van der Waals surface area contributed by atoms with Crippen molar-refractivity contribution >= 4 is 40.3 Å². The number of nitrogens with zero attached hydrogens (tertiary/aromatic N) is 1. The van der Waals surface area contributed by atoms with Gasteiger partial charge in [-0.1, -0.05) is 43.0 Å². The van der Waals surface area contributed by atoms with Crippen LogP contribution in [0.4, 0.5) is 0 Å². The van der Waals surface area contributed by atoms with Crippen LogP contribution in [0.15, 0.2) is 35.8 Å². The van der Waals surface area contributed by atoms with Gasteiger partial charge in [-0.25, -0.2) is 0 Å². The van der Waals surface area contributed by atoms with E-state index in [1.807, 2.05) is 38.1 Å². The Hall–Kier alpha value is -1.79. The van der Waals surface area contributed by atoms with Crippen LogP contribution in [0, 0.1) is 0 Å². The first-order chi connectivity index (χ1) is 12.0.